The number of likely N-dealkylation sites (N-methyl/N-ethyl adjacent to an activating group) is 1. The van der Waals surface area contributed by atoms with E-state index in [1.54, 1.807) is 28.8 Å². The van der Waals surface area contributed by atoms with E-state index in [4.69, 9.17) is 22.1 Å². The molecule has 0 spiro atoms. The van der Waals surface area contributed by atoms with E-state index in [-0.39, 0.29) is 12.2 Å². The van der Waals surface area contributed by atoms with E-state index in [1.807, 2.05) is 26.0 Å². The van der Waals surface area contributed by atoms with E-state index in [0.717, 1.165) is 18.5 Å². The Hall–Kier alpha value is -2.46. The van der Waals surface area contributed by atoms with Crippen LogP contribution in [0.2, 0.25) is 5.02 Å². The molecule has 1 unspecified atom stereocenters. The van der Waals surface area contributed by atoms with Crippen LogP contribution in [0.25, 0.3) is 10.9 Å². The number of nitrogen functional groups attached to an aromatic ring is 1. The zero-order chi connectivity index (χ0) is 27.4. The number of carbonyl (C=O) groups is 1. The lowest BCUT2D eigenvalue weighted by Gasteiger charge is -2.31. The Labute approximate surface area is 231 Å². The molecule has 1 aliphatic heterocycles. The first-order chi connectivity index (χ1) is 17.8. The van der Waals surface area contributed by atoms with Gasteiger partial charge < -0.3 is 20.5 Å². The maximum absolute atomic E-state index is 12.9. The summed E-state index contributed by atoms with van der Waals surface area (Å²) in [5.74, 6) is 0.529. The highest BCUT2D eigenvalue weighted by atomic mass is 79.9. The van der Waals surface area contributed by atoms with Gasteiger partial charge in [0.25, 0.3) is 12.0 Å². The predicted octanol–water partition coefficient (Wildman–Crippen LogP) is 4.65. The summed E-state index contributed by atoms with van der Waals surface area (Å²) in [6, 6.07) is 11.1. The van der Waals surface area contributed by atoms with Crippen LogP contribution in [0.4, 0.5) is 5.69 Å². The van der Waals surface area contributed by atoms with Crippen molar-refractivity contribution in [3.8, 4) is 0 Å². The lowest BCUT2D eigenvalue weighted by molar-refractivity contribution is -0.130. The minimum Gasteiger partial charge on any atom is -0.466 e. The van der Waals surface area contributed by atoms with Crippen LogP contribution >= 0.6 is 27.5 Å². The fraction of sp³-hybridized carbons (Fsp3) is 0.444. The van der Waals surface area contributed by atoms with Crippen molar-refractivity contribution in [2.24, 2.45) is 0 Å². The van der Waals surface area contributed by atoms with Crippen molar-refractivity contribution in [2.75, 3.05) is 32.5 Å². The minimum atomic E-state index is -0.183. The van der Waals surface area contributed by atoms with E-state index in [0.29, 0.717) is 64.0 Å². The summed E-state index contributed by atoms with van der Waals surface area (Å²) in [5, 5.41) is 10.4. The van der Waals surface area contributed by atoms with Crippen LogP contribution in [-0.4, -0.2) is 58.9 Å². The topological polar surface area (TPSA) is 111 Å². The Morgan fingerprint density at radius 3 is 2.57 bits per heavy atom. The van der Waals surface area contributed by atoms with Crippen molar-refractivity contribution in [3.05, 3.63) is 67.6 Å². The summed E-state index contributed by atoms with van der Waals surface area (Å²) in [7, 11) is 2.08. The third-order valence-electron chi connectivity index (χ3n) is 6.02. The van der Waals surface area contributed by atoms with Crippen LogP contribution in [0.1, 0.15) is 44.5 Å². The standard InChI is InChI=1S/C17H15BrClN3O2.C8H15NO2.C2H6/c18-13-8-15-12(7-14(13)20)17(24)22(16(21-15)5-6-23)9-10-1-3-11(19)4-2-10;1-9-5-3-2-4-8(9)6-11-7-10;1-2/h1-4,7-8,23H,5-6,9,20H2;7-8H,2-6H2,1H3;1-2H3. The maximum atomic E-state index is 12.9. The highest BCUT2D eigenvalue weighted by Crippen LogP contribution is 2.24. The Bertz CT molecular complexity index is 1200. The molecule has 8 nitrogen and oxygen atoms in total. The largest absolute Gasteiger partial charge is 0.466 e. The van der Waals surface area contributed by atoms with Gasteiger partial charge in [-0.1, -0.05) is 44.0 Å². The van der Waals surface area contributed by atoms with Crippen LogP contribution < -0.4 is 11.3 Å². The Morgan fingerprint density at radius 1 is 1.24 bits per heavy atom. The van der Waals surface area contributed by atoms with Crippen LogP contribution in [0.5, 0.6) is 0 Å². The molecule has 1 aliphatic rings. The smallest absolute Gasteiger partial charge is 0.293 e. The number of carbonyl (C=O) groups excluding carboxylic acids is 1. The van der Waals surface area contributed by atoms with Crippen molar-refractivity contribution in [3.63, 3.8) is 0 Å². The van der Waals surface area contributed by atoms with Gasteiger partial charge in [0.2, 0.25) is 0 Å². The quantitative estimate of drug-likeness (QED) is 0.302. The summed E-state index contributed by atoms with van der Waals surface area (Å²) in [6.07, 6.45) is 3.98. The van der Waals surface area contributed by atoms with Crippen LogP contribution in [-0.2, 0) is 22.5 Å². The van der Waals surface area contributed by atoms with E-state index in [9.17, 15) is 14.7 Å². The number of nitrogens with zero attached hydrogens (tertiary/aromatic N) is 3. The molecule has 1 saturated heterocycles. The lowest BCUT2D eigenvalue weighted by atomic mass is 10.0. The summed E-state index contributed by atoms with van der Waals surface area (Å²) in [4.78, 5) is 29.6. The number of anilines is 1. The van der Waals surface area contributed by atoms with Gasteiger partial charge in [-0.3, -0.25) is 14.2 Å². The molecule has 4 rings (SSSR count). The molecular formula is C27H36BrClN4O4. The number of benzene rings is 2. The molecule has 37 heavy (non-hydrogen) atoms. The number of aliphatic hydroxyl groups excluding tert-OH is 1. The zero-order valence-corrected chi connectivity index (χ0v) is 24.0. The molecule has 1 aromatic heterocycles. The highest BCUT2D eigenvalue weighted by molar-refractivity contribution is 9.10. The number of ether oxygens (including phenoxy) is 1. The number of halogens is 2. The number of rotatable bonds is 7. The third-order valence-corrected chi connectivity index (χ3v) is 6.96. The summed E-state index contributed by atoms with van der Waals surface area (Å²) in [5.41, 5.74) is 7.67. The van der Waals surface area contributed by atoms with Gasteiger partial charge in [-0.05, 0) is 72.2 Å². The van der Waals surface area contributed by atoms with Gasteiger partial charge in [-0.25, -0.2) is 4.98 Å². The summed E-state index contributed by atoms with van der Waals surface area (Å²) < 4.78 is 6.97. The average molecular weight is 596 g/mol. The first-order valence-electron chi connectivity index (χ1n) is 12.4. The molecule has 0 saturated carbocycles. The van der Waals surface area contributed by atoms with E-state index in [2.05, 4.69) is 32.9 Å². The molecule has 0 aliphatic carbocycles. The number of hydrogen-bond donors (Lipinski definition) is 2. The highest BCUT2D eigenvalue weighted by Gasteiger charge is 2.18. The second-order valence-corrected chi connectivity index (χ2v) is 9.76. The zero-order valence-electron chi connectivity index (χ0n) is 21.6. The SMILES string of the molecule is CC.CN1CCCCC1COC=O.Nc1cc2c(=O)n(Cc3ccc(Cl)cc3)c(CCO)nc2cc1Br. The number of aliphatic hydroxyl groups is 1. The Kier molecular flexibility index (Phi) is 13.1. The number of hydrogen-bond acceptors (Lipinski definition) is 7. The number of likely N-dealkylation sites (tertiary alicyclic amines) is 1. The van der Waals surface area contributed by atoms with Crippen LogP contribution in [0, 0.1) is 0 Å². The van der Waals surface area contributed by atoms with Crippen molar-refractivity contribution >= 4 is 50.6 Å². The molecular weight excluding hydrogens is 560 g/mol. The number of nitrogens with two attached hydrogens (primary N) is 1. The maximum Gasteiger partial charge on any atom is 0.293 e. The van der Waals surface area contributed by atoms with E-state index >= 15 is 0 Å². The predicted molar refractivity (Wildman–Crippen MR) is 153 cm³/mol. The van der Waals surface area contributed by atoms with Gasteiger partial charge in [0.05, 0.1) is 24.1 Å². The molecule has 0 amide bonds. The molecule has 202 valence electrons. The van der Waals surface area contributed by atoms with Crippen molar-refractivity contribution in [1.29, 1.82) is 0 Å². The Balaban J connectivity index is 0.000000311. The number of aromatic nitrogens is 2. The van der Waals surface area contributed by atoms with Gasteiger partial charge >= 0.3 is 0 Å². The fourth-order valence-electron chi connectivity index (χ4n) is 4.04. The molecule has 1 fully saturated rings. The second-order valence-electron chi connectivity index (χ2n) is 8.47. The molecule has 2 heterocycles. The van der Waals surface area contributed by atoms with Gasteiger partial charge in [-0.15, -0.1) is 0 Å². The van der Waals surface area contributed by atoms with Crippen molar-refractivity contribution in [1.82, 2.24) is 14.5 Å². The Morgan fingerprint density at radius 2 is 1.95 bits per heavy atom. The van der Waals surface area contributed by atoms with Gasteiger partial charge in [0, 0.05) is 27.6 Å². The van der Waals surface area contributed by atoms with Gasteiger partial charge in [0.15, 0.2) is 0 Å². The van der Waals surface area contributed by atoms with E-state index in [1.165, 1.54) is 12.8 Å². The van der Waals surface area contributed by atoms with Gasteiger partial charge in [-0.2, -0.15) is 0 Å². The first-order valence-corrected chi connectivity index (χ1v) is 13.6. The molecule has 10 heteroatoms. The van der Waals surface area contributed by atoms with Crippen LogP contribution in [0.3, 0.4) is 0 Å². The molecule has 0 bridgehead atoms. The molecule has 3 N–H and O–H groups in total. The second kappa shape index (κ2) is 15.7. The van der Waals surface area contributed by atoms with E-state index < -0.39 is 0 Å². The molecule has 1 atom stereocenters. The van der Waals surface area contributed by atoms with Crippen molar-refractivity contribution in [2.45, 2.75) is 52.1 Å². The number of piperidine rings is 1. The van der Waals surface area contributed by atoms with Crippen LogP contribution in [0.15, 0.2) is 45.7 Å². The molecule has 3 aromatic rings. The molecule has 0 radical (unpaired) electrons. The monoisotopic (exact) mass is 594 g/mol. The fourth-order valence-corrected chi connectivity index (χ4v) is 4.49. The number of fused-ring (bicyclic) bond motifs is 1. The average Bonchev–Trinajstić information content (AvgIpc) is 2.90. The summed E-state index contributed by atoms with van der Waals surface area (Å²) >= 11 is 9.25. The summed E-state index contributed by atoms with van der Waals surface area (Å²) in [6.45, 7) is 6.48. The lowest BCUT2D eigenvalue weighted by Crippen LogP contribution is -2.39. The first kappa shape index (κ1) is 30.8. The molecule has 2 aromatic carbocycles. The minimum absolute atomic E-state index is 0.0886. The van der Waals surface area contributed by atoms with Gasteiger partial charge in [0.1, 0.15) is 12.4 Å². The normalized spacial score (nSPS) is 15.2. The van der Waals surface area contributed by atoms with Crippen molar-refractivity contribution < 1.29 is 14.6 Å². The third kappa shape index (κ3) is 8.81.